The third-order valence-corrected chi connectivity index (χ3v) is 7.85. The summed E-state index contributed by atoms with van der Waals surface area (Å²) in [6.07, 6.45) is -0.753. The van der Waals surface area contributed by atoms with Crippen LogP contribution in [0.25, 0.3) is 0 Å². The summed E-state index contributed by atoms with van der Waals surface area (Å²) in [6, 6.07) is 4.57. The molecular weight excluding hydrogens is 484 g/mol. The fraction of sp³-hybridized carbons (Fsp3) is 0.556. The van der Waals surface area contributed by atoms with Gasteiger partial charge in [0.2, 0.25) is 0 Å². The van der Waals surface area contributed by atoms with Crippen molar-refractivity contribution in [2.75, 3.05) is 5.75 Å². The standard InChI is InChI=1S/C18H25FIN3O3S/c1-16(2,3)26-15(24)22-14-17(4,5)27(21,25)10-18(6,23-14)12-9-11(20)7-8-13(12)19/h7-9,21H,10H2,1-6H3,(H,22,23,24)/t18-,27+/m0/s1. The number of carbonyl (C=O) groups is 1. The number of rotatable bonds is 1. The van der Waals surface area contributed by atoms with E-state index in [1.165, 1.54) is 6.07 Å². The highest BCUT2D eigenvalue weighted by molar-refractivity contribution is 14.1. The van der Waals surface area contributed by atoms with Crippen molar-refractivity contribution in [3.8, 4) is 0 Å². The lowest BCUT2D eigenvalue weighted by atomic mass is 9.93. The molecule has 0 aliphatic carbocycles. The molecule has 0 saturated carbocycles. The Balaban J connectivity index is 2.57. The van der Waals surface area contributed by atoms with Crippen LogP contribution >= 0.6 is 22.6 Å². The van der Waals surface area contributed by atoms with E-state index in [2.05, 4.69) is 32.9 Å². The number of nitrogens with one attached hydrogen (secondary N) is 2. The number of ether oxygens (including phenoxy) is 1. The van der Waals surface area contributed by atoms with Gasteiger partial charge in [-0.25, -0.2) is 13.4 Å². The molecule has 0 unspecified atom stereocenters. The van der Waals surface area contributed by atoms with Gasteiger partial charge in [0.15, 0.2) is 0 Å². The van der Waals surface area contributed by atoms with Gasteiger partial charge in [-0.2, -0.15) is 0 Å². The molecule has 0 radical (unpaired) electrons. The van der Waals surface area contributed by atoms with Crippen LogP contribution in [-0.4, -0.2) is 32.2 Å². The van der Waals surface area contributed by atoms with Crippen LogP contribution in [-0.2, 0) is 20.0 Å². The molecule has 1 heterocycles. The topological polar surface area (TPSA) is 91.6 Å². The molecule has 2 atom stereocenters. The average Bonchev–Trinajstić information content (AvgIpc) is 2.45. The molecule has 0 saturated heterocycles. The molecule has 27 heavy (non-hydrogen) atoms. The second-order valence-corrected chi connectivity index (χ2v) is 12.2. The zero-order valence-corrected chi connectivity index (χ0v) is 19.2. The largest absolute Gasteiger partial charge is 0.444 e. The highest BCUT2D eigenvalue weighted by atomic mass is 127. The number of nitrogens with zero attached hydrogens (tertiary/aromatic N) is 1. The number of aliphatic imine (C=N–C) groups is 1. The van der Waals surface area contributed by atoms with Crippen molar-refractivity contribution >= 4 is 44.2 Å². The lowest BCUT2D eigenvalue weighted by Gasteiger charge is -2.41. The molecule has 9 heteroatoms. The number of benzene rings is 1. The second-order valence-electron chi connectivity index (χ2n) is 8.32. The Kier molecular flexibility index (Phi) is 5.71. The minimum atomic E-state index is -3.26. The third kappa shape index (κ3) is 4.61. The predicted molar refractivity (Wildman–Crippen MR) is 113 cm³/mol. The first kappa shape index (κ1) is 22.1. The van der Waals surface area contributed by atoms with Crippen LogP contribution in [0.4, 0.5) is 9.18 Å². The zero-order valence-electron chi connectivity index (χ0n) is 16.3. The fourth-order valence-corrected chi connectivity index (χ4v) is 5.05. The molecule has 0 fully saturated rings. The summed E-state index contributed by atoms with van der Waals surface area (Å²) in [5.74, 6) is -0.583. The molecular formula is C18H25FIN3O3S. The summed E-state index contributed by atoms with van der Waals surface area (Å²) in [6.45, 7) is 9.96. The maximum Gasteiger partial charge on any atom is 0.413 e. The van der Waals surface area contributed by atoms with E-state index < -0.39 is 37.5 Å². The molecule has 1 aromatic rings. The minimum absolute atomic E-state index is 0.0590. The van der Waals surface area contributed by atoms with Gasteiger partial charge >= 0.3 is 6.09 Å². The molecule has 2 rings (SSSR count). The Morgan fingerprint density at radius 2 is 1.96 bits per heavy atom. The van der Waals surface area contributed by atoms with E-state index in [4.69, 9.17) is 9.52 Å². The Morgan fingerprint density at radius 1 is 1.37 bits per heavy atom. The Bertz CT molecular complexity index is 907. The molecule has 6 nitrogen and oxygen atoms in total. The molecule has 1 aliphatic rings. The van der Waals surface area contributed by atoms with E-state index in [0.29, 0.717) is 0 Å². The Hall–Kier alpha value is -1.23. The highest BCUT2D eigenvalue weighted by Gasteiger charge is 2.48. The van der Waals surface area contributed by atoms with E-state index >= 15 is 0 Å². The van der Waals surface area contributed by atoms with Crippen molar-refractivity contribution in [1.29, 1.82) is 4.78 Å². The number of amidine groups is 1. The lowest BCUT2D eigenvalue weighted by Crippen LogP contribution is -2.57. The average molecular weight is 509 g/mol. The summed E-state index contributed by atoms with van der Waals surface area (Å²) in [4.78, 5) is 16.8. The van der Waals surface area contributed by atoms with E-state index in [0.717, 1.165) is 3.57 Å². The second kappa shape index (κ2) is 6.98. The van der Waals surface area contributed by atoms with Crippen molar-refractivity contribution in [3.05, 3.63) is 33.1 Å². The molecule has 1 amide bonds. The number of amides is 1. The van der Waals surface area contributed by atoms with E-state index in [1.54, 1.807) is 53.7 Å². The summed E-state index contributed by atoms with van der Waals surface area (Å²) < 4.78 is 41.0. The van der Waals surface area contributed by atoms with Gasteiger partial charge in [-0.1, -0.05) is 0 Å². The summed E-state index contributed by atoms with van der Waals surface area (Å²) in [5.41, 5.74) is -1.73. The van der Waals surface area contributed by atoms with Crippen LogP contribution in [0, 0.1) is 14.2 Å². The van der Waals surface area contributed by atoms with Crippen molar-refractivity contribution in [2.45, 2.75) is 57.4 Å². The van der Waals surface area contributed by atoms with Gasteiger partial charge in [-0.05, 0) is 82.3 Å². The fourth-order valence-electron chi connectivity index (χ4n) is 2.77. The molecule has 0 spiro atoms. The van der Waals surface area contributed by atoms with Gasteiger partial charge in [-0.3, -0.25) is 15.1 Å². The molecule has 1 aliphatic heterocycles. The first-order chi connectivity index (χ1) is 12.1. The summed E-state index contributed by atoms with van der Waals surface area (Å²) >= 11 is 2.06. The first-order valence-electron chi connectivity index (χ1n) is 8.39. The van der Waals surface area contributed by atoms with Gasteiger partial charge in [0.25, 0.3) is 0 Å². The molecule has 150 valence electrons. The Morgan fingerprint density at radius 3 is 2.52 bits per heavy atom. The van der Waals surface area contributed by atoms with Crippen molar-refractivity contribution in [2.24, 2.45) is 4.99 Å². The van der Waals surface area contributed by atoms with Gasteiger partial charge in [0, 0.05) is 9.13 Å². The maximum atomic E-state index is 14.5. The lowest BCUT2D eigenvalue weighted by molar-refractivity contribution is 0.0561. The predicted octanol–water partition coefficient (Wildman–Crippen LogP) is 4.41. The highest BCUT2D eigenvalue weighted by Crippen LogP contribution is 2.39. The van der Waals surface area contributed by atoms with Gasteiger partial charge < -0.3 is 4.74 Å². The minimum Gasteiger partial charge on any atom is -0.444 e. The number of halogens is 2. The van der Waals surface area contributed by atoms with Crippen LogP contribution in [0.2, 0.25) is 0 Å². The first-order valence-corrected chi connectivity index (χ1v) is 11.2. The number of alkyl carbamates (subject to hydrolysis) is 1. The number of carbonyl (C=O) groups excluding carboxylic acids is 1. The monoisotopic (exact) mass is 509 g/mol. The van der Waals surface area contributed by atoms with Crippen LogP contribution in [0.5, 0.6) is 0 Å². The SMILES string of the molecule is CC(C)(C)OC(=O)NC1=N[C@](C)(c2cc(I)ccc2F)C[S@@](=N)(=O)C1(C)C. The molecule has 0 bridgehead atoms. The maximum absolute atomic E-state index is 14.5. The Labute approximate surface area is 173 Å². The molecule has 2 N–H and O–H groups in total. The van der Waals surface area contributed by atoms with Crippen molar-refractivity contribution < 1.29 is 18.1 Å². The van der Waals surface area contributed by atoms with Crippen LogP contribution in [0.15, 0.2) is 23.2 Å². The van der Waals surface area contributed by atoms with Crippen LogP contribution in [0.3, 0.4) is 0 Å². The molecule has 1 aromatic carbocycles. The van der Waals surface area contributed by atoms with Crippen molar-refractivity contribution in [3.63, 3.8) is 0 Å². The van der Waals surface area contributed by atoms with E-state index in [1.807, 2.05) is 0 Å². The number of hydrogen-bond acceptors (Lipinski definition) is 5. The third-order valence-electron chi connectivity index (χ3n) is 4.37. The van der Waals surface area contributed by atoms with Gasteiger partial charge in [-0.15, -0.1) is 0 Å². The van der Waals surface area contributed by atoms with Crippen LogP contribution < -0.4 is 5.32 Å². The quantitative estimate of drug-likeness (QED) is 0.550. The summed E-state index contributed by atoms with van der Waals surface area (Å²) in [7, 11) is -3.26. The van der Waals surface area contributed by atoms with Gasteiger partial charge in [0.1, 0.15) is 27.5 Å². The van der Waals surface area contributed by atoms with E-state index in [-0.39, 0.29) is 17.2 Å². The number of hydrogen-bond donors (Lipinski definition) is 2. The smallest absolute Gasteiger partial charge is 0.413 e. The summed E-state index contributed by atoms with van der Waals surface area (Å²) in [5, 5.41) is 2.55. The molecule has 0 aromatic heterocycles. The normalized spacial score (nSPS) is 27.6. The van der Waals surface area contributed by atoms with Crippen LogP contribution in [0.1, 0.15) is 47.1 Å². The van der Waals surface area contributed by atoms with Gasteiger partial charge in [0.05, 0.1) is 15.5 Å². The van der Waals surface area contributed by atoms with Crippen molar-refractivity contribution in [1.82, 2.24) is 5.32 Å². The van der Waals surface area contributed by atoms with E-state index in [9.17, 15) is 13.4 Å². The zero-order chi connectivity index (χ0) is 20.8.